The Labute approximate surface area is 89.3 Å². The van der Waals surface area contributed by atoms with E-state index >= 15 is 0 Å². The monoisotopic (exact) mass is 196 g/mol. The molecule has 2 aromatic rings. The van der Waals surface area contributed by atoms with E-state index in [0.29, 0.717) is 5.75 Å². The number of rotatable bonds is 2. The van der Waals surface area contributed by atoms with Crippen molar-refractivity contribution in [3.63, 3.8) is 0 Å². The molecular formula is C14H12O. The lowest BCUT2D eigenvalue weighted by Gasteiger charge is -1.95. The van der Waals surface area contributed by atoms with Crippen molar-refractivity contribution in [2.75, 3.05) is 0 Å². The van der Waals surface area contributed by atoms with Crippen molar-refractivity contribution in [3.8, 4) is 5.75 Å². The molecule has 1 N–H and O–H groups in total. The molecule has 0 saturated carbocycles. The Morgan fingerprint density at radius 1 is 0.733 bits per heavy atom. The molecule has 0 heterocycles. The minimum absolute atomic E-state index is 0.296. The smallest absolute Gasteiger partial charge is 0.116 e. The van der Waals surface area contributed by atoms with Crippen LogP contribution in [0, 0.1) is 0 Å². The molecule has 0 atom stereocenters. The Kier molecular flexibility index (Phi) is 2.84. The number of phenols is 1. The highest BCUT2D eigenvalue weighted by atomic mass is 16.3. The minimum atomic E-state index is 0.296. The third-order valence-corrected chi connectivity index (χ3v) is 2.14. The number of hydrogen-bond donors (Lipinski definition) is 1. The molecule has 0 aliphatic carbocycles. The molecule has 0 unspecified atom stereocenters. The van der Waals surface area contributed by atoms with Gasteiger partial charge in [0.15, 0.2) is 0 Å². The van der Waals surface area contributed by atoms with Gasteiger partial charge in [-0.05, 0) is 23.3 Å². The van der Waals surface area contributed by atoms with Gasteiger partial charge in [-0.3, -0.25) is 0 Å². The van der Waals surface area contributed by atoms with Crippen LogP contribution in [-0.2, 0) is 0 Å². The van der Waals surface area contributed by atoms with Crippen LogP contribution in [0.25, 0.3) is 12.2 Å². The van der Waals surface area contributed by atoms with E-state index in [4.69, 9.17) is 0 Å². The summed E-state index contributed by atoms with van der Waals surface area (Å²) in [5, 5.41) is 9.28. The Morgan fingerprint density at radius 2 is 1.40 bits per heavy atom. The van der Waals surface area contributed by atoms with Crippen LogP contribution in [0.4, 0.5) is 0 Å². The second kappa shape index (κ2) is 4.47. The van der Waals surface area contributed by atoms with Crippen LogP contribution < -0.4 is 0 Å². The molecule has 0 spiro atoms. The van der Waals surface area contributed by atoms with Crippen LogP contribution in [0.1, 0.15) is 11.1 Å². The highest BCUT2D eigenvalue weighted by Gasteiger charge is 1.89. The number of phenolic OH excluding ortho intramolecular Hbond substituents is 1. The maximum absolute atomic E-state index is 9.28. The Bertz CT molecular complexity index is 458. The van der Waals surface area contributed by atoms with Crippen molar-refractivity contribution >= 4 is 12.2 Å². The second-order valence-corrected chi connectivity index (χ2v) is 3.34. The van der Waals surface area contributed by atoms with Gasteiger partial charge < -0.3 is 5.11 Å². The minimum Gasteiger partial charge on any atom is -0.508 e. The van der Waals surface area contributed by atoms with Crippen molar-refractivity contribution in [1.82, 2.24) is 0 Å². The lowest BCUT2D eigenvalue weighted by Crippen LogP contribution is -1.72. The van der Waals surface area contributed by atoms with E-state index in [2.05, 4.69) is 0 Å². The molecule has 0 aliphatic heterocycles. The summed E-state index contributed by atoms with van der Waals surface area (Å²) in [7, 11) is 0. The maximum atomic E-state index is 9.28. The maximum Gasteiger partial charge on any atom is 0.116 e. The van der Waals surface area contributed by atoms with Gasteiger partial charge in [0.05, 0.1) is 0 Å². The zero-order chi connectivity index (χ0) is 10.5. The summed E-state index contributed by atoms with van der Waals surface area (Å²) in [6.45, 7) is 0. The summed E-state index contributed by atoms with van der Waals surface area (Å²) in [5.74, 6) is 0.296. The first-order valence-corrected chi connectivity index (χ1v) is 4.87. The highest BCUT2D eigenvalue weighted by molar-refractivity contribution is 5.69. The summed E-state index contributed by atoms with van der Waals surface area (Å²) in [6.07, 6.45) is 4.00. The average molecular weight is 196 g/mol. The molecular weight excluding hydrogens is 184 g/mol. The standard InChI is InChI=1S/C14H12O/c15-14-8-4-7-13(11-14)10-9-12-5-2-1-3-6-12/h1-11,15H/b10-9+. The molecule has 2 rings (SSSR count). The van der Waals surface area contributed by atoms with Crippen LogP contribution in [0.2, 0.25) is 0 Å². The van der Waals surface area contributed by atoms with Gasteiger partial charge in [-0.15, -0.1) is 0 Å². The van der Waals surface area contributed by atoms with E-state index in [1.807, 2.05) is 54.6 Å². The zero-order valence-electron chi connectivity index (χ0n) is 8.30. The van der Waals surface area contributed by atoms with Crippen LogP contribution >= 0.6 is 0 Å². The fourth-order valence-electron chi connectivity index (χ4n) is 1.39. The van der Waals surface area contributed by atoms with Crippen molar-refractivity contribution < 1.29 is 5.11 Å². The van der Waals surface area contributed by atoms with Crippen molar-refractivity contribution in [2.24, 2.45) is 0 Å². The van der Waals surface area contributed by atoms with Crippen molar-refractivity contribution in [2.45, 2.75) is 0 Å². The molecule has 1 nitrogen and oxygen atoms in total. The quantitative estimate of drug-likeness (QED) is 0.728. The molecule has 0 saturated heterocycles. The van der Waals surface area contributed by atoms with Crippen LogP contribution in [-0.4, -0.2) is 5.11 Å². The molecule has 74 valence electrons. The highest BCUT2D eigenvalue weighted by Crippen LogP contribution is 2.13. The second-order valence-electron chi connectivity index (χ2n) is 3.34. The summed E-state index contributed by atoms with van der Waals surface area (Å²) < 4.78 is 0. The molecule has 0 amide bonds. The Hall–Kier alpha value is -2.02. The third-order valence-electron chi connectivity index (χ3n) is 2.14. The van der Waals surface area contributed by atoms with Crippen molar-refractivity contribution in [1.29, 1.82) is 0 Å². The summed E-state index contributed by atoms with van der Waals surface area (Å²) in [5.41, 5.74) is 2.15. The summed E-state index contributed by atoms with van der Waals surface area (Å²) in [6, 6.07) is 17.3. The lowest BCUT2D eigenvalue weighted by atomic mass is 10.1. The largest absolute Gasteiger partial charge is 0.508 e. The van der Waals surface area contributed by atoms with E-state index in [-0.39, 0.29) is 0 Å². The van der Waals surface area contributed by atoms with Gasteiger partial charge in [0.2, 0.25) is 0 Å². The molecule has 15 heavy (non-hydrogen) atoms. The molecule has 2 aromatic carbocycles. The fourth-order valence-corrected chi connectivity index (χ4v) is 1.39. The van der Waals surface area contributed by atoms with Gasteiger partial charge in [0.1, 0.15) is 5.75 Å². The average Bonchev–Trinajstić information content (AvgIpc) is 2.28. The van der Waals surface area contributed by atoms with E-state index in [9.17, 15) is 5.11 Å². The zero-order valence-corrected chi connectivity index (χ0v) is 8.30. The molecule has 0 fully saturated rings. The van der Waals surface area contributed by atoms with Gasteiger partial charge in [0, 0.05) is 0 Å². The first kappa shape index (κ1) is 9.53. The first-order chi connectivity index (χ1) is 7.34. The predicted octanol–water partition coefficient (Wildman–Crippen LogP) is 3.56. The number of hydrogen-bond acceptors (Lipinski definition) is 1. The molecule has 0 radical (unpaired) electrons. The van der Waals surface area contributed by atoms with Crippen LogP contribution in [0.5, 0.6) is 5.75 Å². The number of aromatic hydroxyl groups is 1. The SMILES string of the molecule is Oc1cccc(/C=C/c2ccccc2)c1. The Balaban J connectivity index is 2.19. The van der Waals surface area contributed by atoms with Gasteiger partial charge in [-0.25, -0.2) is 0 Å². The first-order valence-electron chi connectivity index (χ1n) is 4.87. The normalized spacial score (nSPS) is 10.7. The van der Waals surface area contributed by atoms with E-state index < -0.39 is 0 Å². The predicted molar refractivity (Wildman–Crippen MR) is 63.5 cm³/mol. The summed E-state index contributed by atoms with van der Waals surface area (Å²) in [4.78, 5) is 0. The van der Waals surface area contributed by atoms with Crippen LogP contribution in [0.15, 0.2) is 54.6 Å². The van der Waals surface area contributed by atoms with Gasteiger partial charge in [-0.1, -0.05) is 54.6 Å². The molecule has 0 aliphatic rings. The molecule has 1 heteroatoms. The van der Waals surface area contributed by atoms with Crippen molar-refractivity contribution in [3.05, 3.63) is 65.7 Å². The van der Waals surface area contributed by atoms with Gasteiger partial charge in [-0.2, -0.15) is 0 Å². The molecule has 0 bridgehead atoms. The van der Waals surface area contributed by atoms with Gasteiger partial charge >= 0.3 is 0 Å². The van der Waals surface area contributed by atoms with E-state index in [1.165, 1.54) is 0 Å². The molecule has 0 aromatic heterocycles. The fraction of sp³-hybridized carbons (Fsp3) is 0. The topological polar surface area (TPSA) is 20.2 Å². The Morgan fingerprint density at radius 3 is 2.13 bits per heavy atom. The van der Waals surface area contributed by atoms with Gasteiger partial charge in [0.25, 0.3) is 0 Å². The van der Waals surface area contributed by atoms with Crippen LogP contribution in [0.3, 0.4) is 0 Å². The lowest BCUT2D eigenvalue weighted by molar-refractivity contribution is 0.475. The third kappa shape index (κ3) is 2.71. The van der Waals surface area contributed by atoms with E-state index in [0.717, 1.165) is 11.1 Å². The summed E-state index contributed by atoms with van der Waals surface area (Å²) >= 11 is 0. The number of benzene rings is 2. The van der Waals surface area contributed by atoms with E-state index in [1.54, 1.807) is 12.1 Å².